The van der Waals surface area contributed by atoms with E-state index < -0.39 is 0 Å². The highest BCUT2D eigenvalue weighted by Crippen LogP contribution is 2.26. The number of nitrogens with one attached hydrogen (secondary N) is 1. The normalized spacial score (nSPS) is 20.6. The quantitative estimate of drug-likeness (QED) is 0.292. The first-order valence-electron chi connectivity index (χ1n) is 11.7. The van der Waals surface area contributed by atoms with Gasteiger partial charge in [0, 0.05) is 37.8 Å². The molecule has 0 radical (unpaired) electrons. The number of amides is 1. The van der Waals surface area contributed by atoms with E-state index >= 15 is 0 Å². The first-order chi connectivity index (χ1) is 16.2. The summed E-state index contributed by atoms with van der Waals surface area (Å²) in [6, 6.07) is 15.0. The summed E-state index contributed by atoms with van der Waals surface area (Å²) in [6.07, 6.45) is 5.62. The van der Waals surface area contributed by atoms with Gasteiger partial charge in [-0.25, -0.2) is 4.98 Å². The molecule has 2 atom stereocenters. The van der Waals surface area contributed by atoms with E-state index in [0.29, 0.717) is 40.9 Å². The zero-order chi connectivity index (χ0) is 22.4. The molecule has 2 saturated heterocycles. The van der Waals surface area contributed by atoms with Crippen LogP contribution in [-0.4, -0.2) is 58.6 Å². The van der Waals surface area contributed by atoms with Crippen LogP contribution in [0.5, 0.6) is 0 Å². The summed E-state index contributed by atoms with van der Waals surface area (Å²) in [7, 11) is 0. The predicted molar refractivity (Wildman–Crippen MR) is 128 cm³/mol. The minimum absolute atomic E-state index is 0.169. The van der Waals surface area contributed by atoms with Crippen molar-refractivity contribution >= 4 is 33.2 Å². The van der Waals surface area contributed by atoms with Crippen molar-refractivity contribution in [3.05, 3.63) is 70.6 Å². The van der Waals surface area contributed by atoms with Gasteiger partial charge < -0.3 is 10.1 Å². The second-order valence-electron chi connectivity index (χ2n) is 9.04. The van der Waals surface area contributed by atoms with E-state index in [1.807, 2.05) is 36.4 Å². The molecule has 7 heteroatoms. The van der Waals surface area contributed by atoms with Crippen molar-refractivity contribution in [2.45, 2.75) is 31.5 Å². The van der Waals surface area contributed by atoms with Crippen molar-refractivity contribution in [3.63, 3.8) is 0 Å². The van der Waals surface area contributed by atoms with Crippen LogP contribution in [0.4, 0.5) is 0 Å². The average molecular weight is 443 g/mol. The molecule has 4 aromatic rings. The SMILES string of the molecule is O=C(NCCCN1CC2CCC(C1)O2)c1cccn2c(=O)c3ccc4ccccc4c3nc12. The third kappa shape index (κ3) is 3.67. The van der Waals surface area contributed by atoms with Gasteiger partial charge in [-0.05, 0) is 42.8 Å². The van der Waals surface area contributed by atoms with Crippen LogP contribution in [0, 0.1) is 0 Å². The van der Waals surface area contributed by atoms with Crippen molar-refractivity contribution in [1.29, 1.82) is 0 Å². The van der Waals surface area contributed by atoms with E-state index in [9.17, 15) is 9.59 Å². The second-order valence-corrected chi connectivity index (χ2v) is 9.04. The van der Waals surface area contributed by atoms with Crippen LogP contribution in [-0.2, 0) is 4.74 Å². The molecular formula is C26H26N4O3. The standard InChI is InChI=1S/C26H26N4O3/c31-25(27-12-4-13-29-15-18-9-10-19(16-29)33-18)22-7-3-14-30-24(22)28-23-20-6-2-1-5-17(20)8-11-21(23)26(30)32/h1-3,5-8,11,14,18-19H,4,9-10,12-13,15-16H2,(H,27,31). The Bertz CT molecular complexity index is 1420. The largest absolute Gasteiger partial charge is 0.372 e. The number of benzene rings is 2. The van der Waals surface area contributed by atoms with E-state index in [4.69, 9.17) is 9.72 Å². The maximum absolute atomic E-state index is 13.2. The summed E-state index contributed by atoms with van der Waals surface area (Å²) in [5.74, 6) is -0.207. The summed E-state index contributed by atoms with van der Waals surface area (Å²) in [5, 5.41) is 5.49. The molecule has 7 nitrogen and oxygen atoms in total. The molecule has 168 valence electrons. The van der Waals surface area contributed by atoms with E-state index in [0.717, 1.165) is 49.7 Å². The maximum Gasteiger partial charge on any atom is 0.265 e. The van der Waals surface area contributed by atoms with Gasteiger partial charge in [-0.15, -0.1) is 0 Å². The number of carbonyl (C=O) groups is 1. The Morgan fingerprint density at radius 3 is 2.70 bits per heavy atom. The molecule has 2 bridgehead atoms. The molecule has 33 heavy (non-hydrogen) atoms. The number of ether oxygens (including phenoxy) is 1. The van der Waals surface area contributed by atoms with Crippen LogP contribution >= 0.6 is 0 Å². The molecule has 0 spiro atoms. The molecule has 1 amide bonds. The molecule has 1 N–H and O–H groups in total. The number of rotatable bonds is 5. The molecule has 2 fully saturated rings. The minimum atomic E-state index is -0.207. The zero-order valence-electron chi connectivity index (χ0n) is 18.4. The highest BCUT2D eigenvalue weighted by molar-refractivity contribution is 6.07. The van der Waals surface area contributed by atoms with Gasteiger partial charge >= 0.3 is 0 Å². The number of aromatic nitrogens is 2. The predicted octanol–water partition coefficient (Wildman–Crippen LogP) is 2.98. The fourth-order valence-electron chi connectivity index (χ4n) is 5.22. The summed E-state index contributed by atoms with van der Waals surface area (Å²) in [5.41, 5.74) is 1.25. The number of hydrogen-bond acceptors (Lipinski definition) is 5. The Kier molecular flexibility index (Phi) is 5.08. The smallest absolute Gasteiger partial charge is 0.265 e. The Morgan fingerprint density at radius 1 is 1.03 bits per heavy atom. The van der Waals surface area contributed by atoms with E-state index in [2.05, 4.69) is 10.2 Å². The molecule has 2 aromatic heterocycles. The number of fused-ring (bicyclic) bond motifs is 6. The van der Waals surface area contributed by atoms with Gasteiger partial charge in [-0.3, -0.25) is 18.9 Å². The number of nitrogens with zero attached hydrogens (tertiary/aromatic N) is 3. The van der Waals surface area contributed by atoms with E-state index in [1.165, 1.54) is 4.40 Å². The summed E-state index contributed by atoms with van der Waals surface area (Å²) in [6.45, 7) is 3.50. The van der Waals surface area contributed by atoms with Crippen LogP contribution in [0.3, 0.4) is 0 Å². The van der Waals surface area contributed by atoms with Crippen molar-refractivity contribution < 1.29 is 9.53 Å². The fourth-order valence-corrected chi connectivity index (χ4v) is 5.22. The van der Waals surface area contributed by atoms with Crippen LogP contribution < -0.4 is 10.9 Å². The lowest BCUT2D eigenvalue weighted by Crippen LogP contribution is -2.43. The Morgan fingerprint density at radius 2 is 1.85 bits per heavy atom. The van der Waals surface area contributed by atoms with Crippen LogP contribution in [0.25, 0.3) is 27.3 Å². The van der Waals surface area contributed by atoms with Crippen LogP contribution in [0.15, 0.2) is 59.5 Å². The lowest BCUT2D eigenvalue weighted by Gasteiger charge is -2.32. The zero-order valence-corrected chi connectivity index (χ0v) is 18.4. The molecule has 0 aliphatic carbocycles. The lowest BCUT2D eigenvalue weighted by molar-refractivity contribution is -0.0383. The molecule has 2 aliphatic rings. The topological polar surface area (TPSA) is 75.9 Å². The van der Waals surface area contributed by atoms with Gasteiger partial charge in [0.05, 0.1) is 28.7 Å². The molecule has 0 saturated carbocycles. The summed E-state index contributed by atoms with van der Waals surface area (Å²) < 4.78 is 7.36. The molecule has 2 aromatic carbocycles. The molecule has 2 aliphatic heterocycles. The fraction of sp³-hybridized carbons (Fsp3) is 0.346. The molecule has 2 unspecified atom stereocenters. The Balaban J connectivity index is 1.24. The third-order valence-corrected chi connectivity index (χ3v) is 6.84. The summed E-state index contributed by atoms with van der Waals surface area (Å²) in [4.78, 5) is 33.4. The third-order valence-electron chi connectivity index (χ3n) is 6.84. The summed E-state index contributed by atoms with van der Waals surface area (Å²) >= 11 is 0. The highest BCUT2D eigenvalue weighted by atomic mass is 16.5. The lowest BCUT2D eigenvalue weighted by atomic mass is 10.1. The van der Waals surface area contributed by atoms with Crippen molar-refractivity contribution in [2.75, 3.05) is 26.2 Å². The number of likely N-dealkylation sites (tertiary alicyclic amines) is 1. The van der Waals surface area contributed by atoms with Gasteiger partial charge in [-0.1, -0.05) is 30.3 Å². The van der Waals surface area contributed by atoms with Gasteiger partial charge in [-0.2, -0.15) is 0 Å². The number of pyridine rings is 1. The second kappa shape index (κ2) is 8.24. The molecule has 6 rings (SSSR count). The highest BCUT2D eigenvalue weighted by Gasteiger charge is 2.33. The van der Waals surface area contributed by atoms with Crippen molar-refractivity contribution in [2.24, 2.45) is 0 Å². The number of carbonyl (C=O) groups excluding carboxylic acids is 1. The van der Waals surface area contributed by atoms with Gasteiger partial charge in [0.15, 0.2) is 5.65 Å². The van der Waals surface area contributed by atoms with Gasteiger partial charge in [0.2, 0.25) is 0 Å². The van der Waals surface area contributed by atoms with E-state index in [-0.39, 0.29) is 11.5 Å². The molecule has 4 heterocycles. The monoisotopic (exact) mass is 442 g/mol. The van der Waals surface area contributed by atoms with Gasteiger partial charge in [0.25, 0.3) is 11.5 Å². The number of hydrogen-bond donors (Lipinski definition) is 1. The van der Waals surface area contributed by atoms with Crippen LogP contribution in [0.2, 0.25) is 0 Å². The van der Waals surface area contributed by atoms with E-state index in [1.54, 1.807) is 18.3 Å². The Labute approximate surface area is 191 Å². The molecular weight excluding hydrogens is 416 g/mol. The first-order valence-corrected chi connectivity index (χ1v) is 11.7. The average Bonchev–Trinajstić information content (AvgIpc) is 3.19. The number of morpholine rings is 1. The van der Waals surface area contributed by atoms with Crippen molar-refractivity contribution in [1.82, 2.24) is 19.6 Å². The minimum Gasteiger partial charge on any atom is -0.372 e. The Hall–Kier alpha value is -3.29. The first kappa shape index (κ1) is 20.3. The maximum atomic E-state index is 13.2. The van der Waals surface area contributed by atoms with Crippen LogP contribution in [0.1, 0.15) is 29.6 Å². The van der Waals surface area contributed by atoms with Gasteiger partial charge in [0.1, 0.15) is 0 Å². The van der Waals surface area contributed by atoms with Crippen molar-refractivity contribution in [3.8, 4) is 0 Å².